The van der Waals surface area contributed by atoms with Gasteiger partial charge in [-0.3, -0.25) is 9.59 Å². The fourth-order valence-electron chi connectivity index (χ4n) is 2.47. The van der Waals surface area contributed by atoms with E-state index in [-0.39, 0.29) is 22.7 Å². The van der Waals surface area contributed by atoms with Gasteiger partial charge < -0.3 is 19.8 Å². The van der Waals surface area contributed by atoms with Crippen molar-refractivity contribution in [2.45, 2.75) is 13.0 Å². The molecule has 9 heteroatoms. The Morgan fingerprint density at radius 3 is 2.47 bits per heavy atom. The monoisotopic (exact) mass is 414 g/mol. The van der Waals surface area contributed by atoms with Crippen molar-refractivity contribution in [3.63, 3.8) is 0 Å². The van der Waals surface area contributed by atoms with E-state index in [0.29, 0.717) is 0 Å². The molecule has 3 aromatic rings. The van der Waals surface area contributed by atoms with Crippen LogP contribution in [0.5, 0.6) is 0 Å². The third kappa shape index (κ3) is 4.88. The summed E-state index contributed by atoms with van der Waals surface area (Å²) in [6, 6.07) is 11.6. The Hall–Kier alpha value is -4.01. The van der Waals surface area contributed by atoms with Gasteiger partial charge in [0.25, 0.3) is 11.8 Å². The fourth-order valence-corrected chi connectivity index (χ4v) is 2.47. The number of carbonyl (C=O) groups is 3. The number of rotatable bonds is 6. The van der Waals surface area contributed by atoms with E-state index in [1.54, 1.807) is 12.1 Å². The van der Waals surface area contributed by atoms with E-state index in [1.807, 2.05) is 0 Å². The summed E-state index contributed by atoms with van der Waals surface area (Å²) in [5.41, 5.74) is -0.240. The van der Waals surface area contributed by atoms with E-state index in [9.17, 15) is 23.2 Å². The van der Waals surface area contributed by atoms with Crippen LogP contribution in [-0.2, 0) is 9.53 Å². The number of amides is 2. The molecule has 154 valence electrons. The highest BCUT2D eigenvalue weighted by Gasteiger charge is 2.23. The van der Waals surface area contributed by atoms with Gasteiger partial charge >= 0.3 is 5.97 Å². The topological polar surface area (TPSA) is 97.6 Å². The van der Waals surface area contributed by atoms with Crippen LogP contribution in [0.3, 0.4) is 0 Å². The number of hydrogen-bond acceptors (Lipinski definition) is 5. The number of carbonyl (C=O) groups excluding carboxylic acids is 3. The molecule has 7 nitrogen and oxygen atoms in total. The van der Waals surface area contributed by atoms with Crippen molar-refractivity contribution in [3.05, 3.63) is 83.8 Å². The minimum Gasteiger partial charge on any atom is -0.459 e. The largest absolute Gasteiger partial charge is 0.459 e. The van der Waals surface area contributed by atoms with Gasteiger partial charge in [0.2, 0.25) is 0 Å². The maximum Gasteiger partial charge on any atom is 0.341 e. The number of para-hydroxylation sites is 1. The van der Waals surface area contributed by atoms with Gasteiger partial charge in [-0.15, -0.1) is 0 Å². The van der Waals surface area contributed by atoms with E-state index < -0.39 is 35.5 Å². The minimum atomic E-state index is -1.33. The van der Waals surface area contributed by atoms with E-state index in [0.717, 1.165) is 18.2 Å². The molecule has 0 saturated carbocycles. The van der Waals surface area contributed by atoms with E-state index in [1.165, 1.54) is 37.5 Å². The van der Waals surface area contributed by atoms with Gasteiger partial charge in [0, 0.05) is 6.07 Å². The first kappa shape index (κ1) is 20.7. The molecule has 0 spiro atoms. The van der Waals surface area contributed by atoms with Crippen molar-refractivity contribution in [2.24, 2.45) is 0 Å². The Morgan fingerprint density at radius 1 is 0.967 bits per heavy atom. The normalized spacial score (nSPS) is 11.4. The molecular weight excluding hydrogens is 398 g/mol. The highest BCUT2D eigenvalue weighted by molar-refractivity contribution is 6.07. The first-order valence-electron chi connectivity index (χ1n) is 8.76. The van der Waals surface area contributed by atoms with Gasteiger partial charge in [-0.05, 0) is 43.3 Å². The third-order valence-electron chi connectivity index (χ3n) is 3.98. The van der Waals surface area contributed by atoms with E-state index in [4.69, 9.17) is 9.15 Å². The molecule has 0 aliphatic heterocycles. The zero-order valence-electron chi connectivity index (χ0n) is 15.6. The quantitative estimate of drug-likeness (QED) is 0.595. The second kappa shape index (κ2) is 8.99. The molecule has 2 amide bonds. The van der Waals surface area contributed by atoms with Crippen LogP contribution in [0.4, 0.5) is 20.2 Å². The number of anilines is 2. The van der Waals surface area contributed by atoms with Crippen LogP contribution < -0.4 is 10.6 Å². The number of benzene rings is 2. The molecule has 1 heterocycles. The van der Waals surface area contributed by atoms with Gasteiger partial charge in [0.05, 0.1) is 23.2 Å². The summed E-state index contributed by atoms with van der Waals surface area (Å²) in [6.07, 6.45) is 0.00517. The molecule has 3 rings (SSSR count). The maximum atomic E-state index is 13.7. The Morgan fingerprint density at radius 2 is 1.73 bits per heavy atom. The molecule has 0 bridgehead atoms. The average Bonchev–Trinajstić information content (AvgIpc) is 3.26. The van der Waals surface area contributed by atoms with Crippen LogP contribution in [0.15, 0.2) is 65.3 Å². The number of hydrogen-bond donors (Lipinski definition) is 2. The summed E-state index contributed by atoms with van der Waals surface area (Å²) in [7, 11) is 0. The number of halogens is 2. The molecule has 0 saturated heterocycles. The summed E-state index contributed by atoms with van der Waals surface area (Å²) < 4.78 is 37.0. The second-order valence-corrected chi connectivity index (χ2v) is 6.14. The highest BCUT2D eigenvalue weighted by Crippen LogP contribution is 2.19. The average molecular weight is 414 g/mol. The van der Waals surface area contributed by atoms with Crippen molar-refractivity contribution in [1.29, 1.82) is 0 Å². The van der Waals surface area contributed by atoms with Crippen molar-refractivity contribution >= 4 is 29.2 Å². The fraction of sp³-hybridized carbons (Fsp3) is 0.0952. The predicted octanol–water partition coefficient (Wildman–Crippen LogP) is 3.99. The van der Waals surface area contributed by atoms with Crippen LogP contribution in [0.2, 0.25) is 0 Å². The summed E-state index contributed by atoms with van der Waals surface area (Å²) >= 11 is 0. The lowest BCUT2D eigenvalue weighted by molar-refractivity contribution is -0.123. The molecule has 1 atom stereocenters. The number of nitrogens with one attached hydrogen (secondary N) is 2. The number of ether oxygens (including phenoxy) is 1. The van der Waals surface area contributed by atoms with Gasteiger partial charge in [-0.1, -0.05) is 12.1 Å². The zero-order chi connectivity index (χ0) is 21.7. The van der Waals surface area contributed by atoms with Crippen LogP contribution in [0.1, 0.15) is 27.8 Å². The van der Waals surface area contributed by atoms with Gasteiger partial charge in [-0.2, -0.15) is 0 Å². The third-order valence-corrected chi connectivity index (χ3v) is 3.98. The van der Waals surface area contributed by atoms with Crippen LogP contribution in [-0.4, -0.2) is 23.9 Å². The van der Waals surface area contributed by atoms with E-state index in [2.05, 4.69) is 10.6 Å². The lowest BCUT2D eigenvalue weighted by atomic mass is 10.1. The van der Waals surface area contributed by atoms with Gasteiger partial charge in [0.15, 0.2) is 11.9 Å². The SMILES string of the molecule is C[C@@H](OC(=O)c1ccccc1NC(=O)c1ccco1)C(=O)Nc1cc(F)ccc1F. The lowest BCUT2D eigenvalue weighted by Gasteiger charge is -2.15. The molecule has 0 unspecified atom stereocenters. The Kier molecular flexibility index (Phi) is 6.21. The Labute approximate surface area is 169 Å². The number of furan rings is 1. The predicted molar refractivity (Wildman–Crippen MR) is 103 cm³/mol. The van der Waals surface area contributed by atoms with Gasteiger partial charge in [-0.25, -0.2) is 13.6 Å². The summed E-state index contributed by atoms with van der Waals surface area (Å²) in [5.74, 6) is -3.86. The standard InChI is InChI=1S/C21H16F2N2O5/c1-12(19(26)25-17-11-13(22)8-9-15(17)23)30-21(28)14-5-2-3-6-16(14)24-20(27)18-7-4-10-29-18/h2-12H,1H3,(H,24,27)(H,25,26)/t12-/m1/s1. The summed E-state index contributed by atoms with van der Waals surface area (Å²) in [6.45, 7) is 1.27. The second-order valence-electron chi connectivity index (χ2n) is 6.14. The zero-order valence-corrected chi connectivity index (χ0v) is 15.6. The molecule has 0 aliphatic carbocycles. The molecule has 2 N–H and O–H groups in total. The van der Waals surface area contributed by atoms with E-state index >= 15 is 0 Å². The summed E-state index contributed by atoms with van der Waals surface area (Å²) in [4.78, 5) is 36.9. The van der Waals surface area contributed by atoms with Crippen LogP contribution in [0, 0.1) is 11.6 Å². The van der Waals surface area contributed by atoms with Gasteiger partial charge in [0.1, 0.15) is 11.6 Å². The molecule has 0 fully saturated rings. The Balaban J connectivity index is 1.68. The number of esters is 1. The molecular formula is C21H16F2N2O5. The molecule has 0 radical (unpaired) electrons. The Bertz CT molecular complexity index is 1080. The van der Waals surface area contributed by atoms with Crippen LogP contribution in [0.25, 0.3) is 0 Å². The smallest absolute Gasteiger partial charge is 0.341 e. The highest BCUT2D eigenvalue weighted by atomic mass is 19.1. The minimum absolute atomic E-state index is 0.00556. The summed E-state index contributed by atoms with van der Waals surface area (Å²) in [5, 5.41) is 4.68. The van der Waals surface area contributed by atoms with Crippen molar-refractivity contribution in [3.8, 4) is 0 Å². The van der Waals surface area contributed by atoms with Crippen molar-refractivity contribution in [2.75, 3.05) is 10.6 Å². The van der Waals surface area contributed by atoms with Crippen LogP contribution >= 0.6 is 0 Å². The maximum absolute atomic E-state index is 13.7. The molecule has 1 aromatic heterocycles. The molecule has 30 heavy (non-hydrogen) atoms. The first-order chi connectivity index (χ1) is 14.3. The van der Waals surface area contributed by atoms with Crippen molar-refractivity contribution in [1.82, 2.24) is 0 Å². The van der Waals surface area contributed by atoms with Crippen molar-refractivity contribution < 1.29 is 32.3 Å². The lowest BCUT2D eigenvalue weighted by Crippen LogP contribution is -2.30. The molecule has 0 aliphatic rings. The first-order valence-corrected chi connectivity index (χ1v) is 8.76. The molecule has 2 aromatic carbocycles.